The number of hydrogen-bond donors (Lipinski definition) is 0. The van der Waals surface area contributed by atoms with Crippen LogP contribution in [0.25, 0.3) is 80.4 Å². The summed E-state index contributed by atoms with van der Waals surface area (Å²) in [6.45, 7) is 0. The van der Waals surface area contributed by atoms with Crippen LogP contribution < -0.4 is 4.90 Å². The zero-order chi connectivity index (χ0) is 32.8. The van der Waals surface area contributed by atoms with Gasteiger partial charge >= 0.3 is 0 Å². The third-order valence-corrected chi connectivity index (χ3v) is 11.3. The maximum atomic E-state index is 6.63. The van der Waals surface area contributed by atoms with Crippen molar-refractivity contribution in [3.05, 3.63) is 170 Å². The second-order valence-electron chi connectivity index (χ2n) is 13.0. The lowest BCUT2D eigenvalue weighted by atomic mass is 10.0. The summed E-state index contributed by atoms with van der Waals surface area (Å²) in [5.41, 5.74) is 8.53. The van der Waals surface area contributed by atoms with Crippen LogP contribution in [-0.2, 0) is 0 Å². The molecule has 11 rings (SSSR count). The second kappa shape index (κ2) is 10.6. The van der Waals surface area contributed by atoms with Crippen molar-refractivity contribution in [2.75, 3.05) is 4.90 Å². The molecular formula is C46H28N2OS. The molecular weight excluding hydrogens is 629 g/mol. The standard InChI is InChI=1S/C46H28N2OS/c1-2-13-31(14-3-1)48-39-17-8-6-16-36(39)46-40(18-10-19-41(46)48)47(32-22-24-45-38(27-32)35-15-7-9-20-44(35)50-45)33-21-23-34-37-25-29-11-4-5-12-30(29)26-42(37)49-43(34)28-33/h1-28H. The molecule has 11 aromatic rings. The lowest BCUT2D eigenvalue weighted by Crippen LogP contribution is -2.10. The molecule has 3 aromatic heterocycles. The summed E-state index contributed by atoms with van der Waals surface area (Å²) in [6.07, 6.45) is 0. The minimum Gasteiger partial charge on any atom is -0.456 e. The Morgan fingerprint density at radius 1 is 0.440 bits per heavy atom. The lowest BCUT2D eigenvalue weighted by molar-refractivity contribution is 0.669. The monoisotopic (exact) mass is 656 g/mol. The molecule has 0 spiro atoms. The molecule has 0 fully saturated rings. The first kappa shape index (κ1) is 27.6. The van der Waals surface area contributed by atoms with Crippen molar-refractivity contribution < 1.29 is 4.42 Å². The van der Waals surface area contributed by atoms with E-state index in [4.69, 9.17) is 4.42 Å². The van der Waals surface area contributed by atoms with E-state index in [-0.39, 0.29) is 0 Å². The number of fused-ring (bicyclic) bond motifs is 10. The normalized spacial score (nSPS) is 12.0. The van der Waals surface area contributed by atoms with Crippen LogP contribution in [0.15, 0.2) is 174 Å². The number of furan rings is 1. The molecule has 4 heteroatoms. The average Bonchev–Trinajstić information content (AvgIpc) is 3.83. The number of para-hydroxylation sites is 2. The van der Waals surface area contributed by atoms with Gasteiger partial charge in [0.25, 0.3) is 0 Å². The van der Waals surface area contributed by atoms with E-state index >= 15 is 0 Å². The number of nitrogens with zero attached hydrogens (tertiary/aromatic N) is 2. The smallest absolute Gasteiger partial charge is 0.137 e. The lowest BCUT2D eigenvalue weighted by Gasteiger charge is -2.26. The first-order valence-electron chi connectivity index (χ1n) is 16.9. The van der Waals surface area contributed by atoms with Crippen molar-refractivity contribution >= 4 is 103 Å². The van der Waals surface area contributed by atoms with Gasteiger partial charge in [0.2, 0.25) is 0 Å². The Kier molecular flexibility index (Phi) is 5.83. The molecule has 0 aliphatic carbocycles. The van der Waals surface area contributed by atoms with E-state index in [2.05, 4.69) is 179 Å². The van der Waals surface area contributed by atoms with Gasteiger partial charge in [0.05, 0.1) is 16.7 Å². The van der Waals surface area contributed by atoms with Crippen LogP contribution in [0.3, 0.4) is 0 Å². The van der Waals surface area contributed by atoms with Gasteiger partial charge in [0, 0.05) is 64.8 Å². The highest BCUT2D eigenvalue weighted by atomic mass is 32.1. The van der Waals surface area contributed by atoms with E-state index in [0.29, 0.717) is 0 Å². The van der Waals surface area contributed by atoms with Crippen LogP contribution in [0.2, 0.25) is 0 Å². The number of aromatic nitrogens is 1. The maximum absolute atomic E-state index is 6.63. The third-order valence-electron chi connectivity index (χ3n) is 10.1. The first-order chi connectivity index (χ1) is 24.8. The van der Waals surface area contributed by atoms with E-state index in [9.17, 15) is 0 Å². The van der Waals surface area contributed by atoms with E-state index in [0.717, 1.165) is 44.7 Å². The molecule has 0 amide bonds. The van der Waals surface area contributed by atoms with Gasteiger partial charge in [-0.15, -0.1) is 11.3 Å². The van der Waals surface area contributed by atoms with Crippen LogP contribution in [0.4, 0.5) is 17.1 Å². The summed E-state index contributed by atoms with van der Waals surface area (Å²) in [7, 11) is 0. The second-order valence-corrected chi connectivity index (χ2v) is 14.0. The number of rotatable bonds is 4. The van der Waals surface area contributed by atoms with Gasteiger partial charge in [-0.1, -0.05) is 84.9 Å². The zero-order valence-corrected chi connectivity index (χ0v) is 27.7. The molecule has 0 saturated carbocycles. The Morgan fingerprint density at radius 3 is 2.02 bits per heavy atom. The molecule has 50 heavy (non-hydrogen) atoms. The minimum atomic E-state index is 0.874. The third kappa shape index (κ3) is 4.03. The highest BCUT2D eigenvalue weighted by molar-refractivity contribution is 7.25. The molecule has 0 atom stereocenters. The largest absolute Gasteiger partial charge is 0.456 e. The fourth-order valence-corrected chi connectivity index (χ4v) is 9.00. The van der Waals surface area contributed by atoms with Crippen LogP contribution in [0.1, 0.15) is 0 Å². The topological polar surface area (TPSA) is 21.3 Å². The Hall–Kier alpha value is -6.36. The molecule has 234 valence electrons. The molecule has 8 aromatic carbocycles. The summed E-state index contributed by atoms with van der Waals surface area (Å²) in [4.78, 5) is 2.42. The molecule has 0 aliphatic rings. The Morgan fingerprint density at radius 2 is 1.12 bits per heavy atom. The fraction of sp³-hybridized carbons (Fsp3) is 0. The van der Waals surface area contributed by atoms with E-state index in [1.807, 2.05) is 11.3 Å². The van der Waals surface area contributed by atoms with Crippen LogP contribution >= 0.6 is 11.3 Å². The quantitative estimate of drug-likeness (QED) is 0.188. The summed E-state index contributed by atoms with van der Waals surface area (Å²) < 4.78 is 11.6. The average molecular weight is 657 g/mol. The van der Waals surface area contributed by atoms with Crippen molar-refractivity contribution in [1.82, 2.24) is 4.57 Å². The number of anilines is 3. The van der Waals surface area contributed by atoms with Crippen molar-refractivity contribution in [1.29, 1.82) is 0 Å². The molecule has 3 nitrogen and oxygen atoms in total. The molecule has 3 heterocycles. The Balaban J connectivity index is 1.21. The molecule has 0 aliphatic heterocycles. The maximum Gasteiger partial charge on any atom is 0.137 e. The van der Waals surface area contributed by atoms with E-state index in [1.165, 1.54) is 52.8 Å². The summed E-state index contributed by atoms with van der Waals surface area (Å²) in [5.74, 6) is 0. The van der Waals surface area contributed by atoms with Crippen molar-refractivity contribution in [3.8, 4) is 5.69 Å². The van der Waals surface area contributed by atoms with Gasteiger partial charge in [0.15, 0.2) is 0 Å². The molecule has 0 unspecified atom stereocenters. The van der Waals surface area contributed by atoms with Gasteiger partial charge in [-0.2, -0.15) is 0 Å². The fourth-order valence-electron chi connectivity index (χ4n) is 7.91. The predicted molar refractivity (Wildman–Crippen MR) is 213 cm³/mol. The number of thiophene rings is 1. The summed E-state index contributed by atoms with van der Waals surface area (Å²) in [6, 6.07) is 61.3. The first-order valence-corrected chi connectivity index (χ1v) is 17.7. The van der Waals surface area contributed by atoms with E-state index in [1.54, 1.807) is 0 Å². The Bertz CT molecular complexity index is 3110. The predicted octanol–water partition coefficient (Wildman–Crippen LogP) is 13.7. The van der Waals surface area contributed by atoms with Crippen molar-refractivity contribution in [2.45, 2.75) is 0 Å². The molecule has 0 N–H and O–H groups in total. The summed E-state index contributed by atoms with van der Waals surface area (Å²) >= 11 is 1.85. The number of hydrogen-bond acceptors (Lipinski definition) is 3. The van der Waals surface area contributed by atoms with Crippen LogP contribution in [0, 0.1) is 0 Å². The van der Waals surface area contributed by atoms with Gasteiger partial charge in [-0.05, 0) is 89.6 Å². The zero-order valence-electron chi connectivity index (χ0n) is 26.9. The van der Waals surface area contributed by atoms with Crippen molar-refractivity contribution in [3.63, 3.8) is 0 Å². The van der Waals surface area contributed by atoms with Crippen molar-refractivity contribution in [2.24, 2.45) is 0 Å². The van der Waals surface area contributed by atoms with E-state index < -0.39 is 0 Å². The Labute approximate surface area is 291 Å². The minimum absolute atomic E-state index is 0.874. The highest BCUT2D eigenvalue weighted by Gasteiger charge is 2.22. The summed E-state index contributed by atoms with van der Waals surface area (Å²) in [5, 5.41) is 9.62. The van der Waals surface area contributed by atoms with Gasteiger partial charge in [0.1, 0.15) is 11.2 Å². The van der Waals surface area contributed by atoms with Crippen LogP contribution in [-0.4, -0.2) is 4.57 Å². The highest BCUT2D eigenvalue weighted by Crippen LogP contribution is 2.46. The van der Waals surface area contributed by atoms with Gasteiger partial charge in [-0.3, -0.25) is 0 Å². The molecule has 0 bridgehead atoms. The number of benzene rings is 8. The van der Waals surface area contributed by atoms with Gasteiger partial charge < -0.3 is 13.9 Å². The molecule has 0 saturated heterocycles. The van der Waals surface area contributed by atoms with Gasteiger partial charge in [-0.25, -0.2) is 0 Å². The SMILES string of the molecule is c1ccc(-n2c3ccccc3c3c(N(c4ccc5c(c4)oc4cc6ccccc6cc45)c4ccc5sc6ccccc6c5c4)cccc32)cc1. The molecule has 0 radical (unpaired) electrons. The van der Waals surface area contributed by atoms with Crippen LogP contribution in [0.5, 0.6) is 0 Å².